The van der Waals surface area contributed by atoms with E-state index in [-0.39, 0.29) is 12.8 Å². The molecule has 0 bridgehead atoms. The van der Waals surface area contributed by atoms with Crippen LogP contribution in [0.4, 0.5) is 4.39 Å². The van der Waals surface area contributed by atoms with Crippen LogP contribution in [-0.2, 0) is 16.1 Å². The van der Waals surface area contributed by atoms with E-state index < -0.39 is 0 Å². The molecule has 1 atom stereocenters. The molecule has 0 aliphatic rings. The second-order valence-electron chi connectivity index (χ2n) is 8.92. The Labute approximate surface area is 206 Å². The van der Waals surface area contributed by atoms with Crippen LogP contribution >= 0.6 is 0 Å². The fraction of sp³-hybridized carbons (Fsp3) is 0.800. The summed E-state index contributed by atoms with van der Waals surface area (Å²) in [7, 11) is 0. The Morgan fingerprint density at radius 3 is 1.67 bits per heavy atom. The molecule has 1 unspecified atom stereocenters. The van der Waals surface area contributed by atoms with Gasteiger partial charge in [-0.3, -0.25) is 4.39 Å². The average molecular weight is 467 g/mol. The second kappa shape index (κ2) is 27.3. The molecule has 0 radical (unpaired) electrons. The quantitative estimate of drug-likeness (QED) is 0.149. The highest BCUT2D eigenvalue weighted by molar-refractivity contribution is 5.13. The van der Waals surface area contributed by atoms with E-state index in [0.717, 1.165) is 38.9 Å². The minimum atomic E-state index is -0.142. The summed E-state index contributed by atoms with van der Waals surface area (Å²) in [5, 5.41) is 0. The lowest BCUT2D eigenvalue weighted by molar-refractivity contribution is -0.0295. The predicted molar refractivity (Wildman–Crippen MR) is 143 cm³/mol. The first-order valence-corrected chi connectivity index (χ1v) is 14.2. The van der Waals surface area contributed by atoms with Crippen LogP contribution in [0.25, 0.3) is 0 Å². The topological polar surface area (TPSA) is 18.5 Å². The molecule has 0 saturated carbocycles. The Balaban J connectivity index is 0.00000497. The van der Waals surface area contributed by atoms with Gasteiger partial charge in [-0.2, -0.15) is 0 Å². The lowest BCUT2D eigenvalue weighted by Crippen LogP contribution is -2.20. The number of unbranched alkanes of at least 4 members (excludes halogenated alkanes) is 13. The van der Waals surface area contributed by atoms with Gasteiger partial charge in [-0.05, 0) is 24.8 Å². The van der Waals surface area contributed by atoms with Crippen molar-refractivity contribution in [2.24, 2.45) is 0 Å². The van der Waals surface area contributed by atoms with Crippen LogP contribution < -0.4 is 0 Å². The summed E-state index contributed by atoms with van der Waals surface area (Å²) in [6, 6.07) is 10.4. The minimum Gasteiger partial charge on any atom is -0.379 e. The SMILES string of the molecule is CC.CCCC(COCCCCCCCCCCCCCCCCF)OCc1ccccc1. The van der Waals surface area contributed by atoms with Crippen molar-refractivity contribution in [2.75, 3.05) is 19.9 Å². The zero-order chi connectivity index (χ0) is 24.2. The second-order valence-corrected chi connectivity index (χ2v) is 8.92. The Kier molecular flexibility index (Phi) is 26.5. The highest BCUT2D eigenvalue weighted by Crippen LogP contribution is 2.13. The minimum absolute atomic E-state index is 0.142. The van der Waals surface area contributed by atoms with Crippen molar-refractivity contribution in [3.8, 4) is 0 Å². The molecule has 0 fully saturated rings. The number of rotatable bonds is 23. The third-order valence-electron chi connectivity index (χ3n) is 5.92. The summed E-state index contributed by atoms with van der Waals surface area (Å²) >= 11 is 0. The van der Waals surface area contributed by atoms with Crippen LogP contribution in [0.1, 0.15) is 129 Å². The zero-order valence-corrected chi connectivity index (χ0v) is 22.3. The van der Waals surface area contributed by atoms with Gasteiger partial charge in [0.2, 0.25) is 0 Å². The number of hydrogen-bond acceptors (Lipinski definition) is 2. The summed E-state index contributed by atoms with van der Waals surface area (Å²) < 4.78 is 24.0. The van der Waals surface area contributed by atoms with E-state index >= 15 is 0 Å². The van der Waals surface area contributed by atoms with Crippen molar-refractivity contribution < 1.29 is 13.9 Å². The van der Waals surface area contributed by atoms with E-state index in [4.69, 9.17) is 9.47 Å². The standard InChI is InChI=1S/C28H49FO2.C2H6/c1-2-20-28(31-25-27-21-16-15-17-22-27)26-30-24-19-14-12-10-8-6-4-3-5-7-9-11-13-18-23-29;1-2/h15-17,21-22,28H,2-14,18-20,23-26H2,1H3;1-2H3. The van der Waals surface area contributed by atoms with Gasteiger partial charge in [-0.15, -0.1) is 0 Å². The molecule has 1 rings (SSSR count). The van der Waals surface area contributed by atoms with E-state index in [0.29, 0.717) is 6.61 Å². The van der Waals surface area contributed by atoms with Gasteiger partial charge in [0.05, 0.1) is 26.0 Å². The molecular weight excluding hydrogens is 411 g/mol. The third-order valence-corrected chi connectivity index (χ3v) is 5.92. The fourth-order valence-corrected chi connectivity index (χ4v) is 3.96. The Bertz CT molecular complexity index is 466. The van der Waals surface area contributed by atoms with Gasteiger partial charge in [0, 0.05) is 6.61 Å². The smallest absolute Gasteiger partial charge is 0.0894 e. The van der Waals surface area contributed by atoms with Gasteiger partial charge < -0.3 is 9.47 Å². The van der Waals surface area contributed by atoms with Crippen LogP contribution in [0.15, 0.2) is 30.3 Å². The molecule has 1 aromatic carbocycles. The predicted octanol–water partition coefficient (Wildman–Crippen LogP) is 9.85. The number of benzene rings is 1. The molecule has 0 aliphatic heterocycles. The molecule has 0 N–H and O–H groups in total. The molecule has 0 saturated heterocycles. The maximum Gasteiger partial charge on any atom is 0.0894 e. The maximum absolute atomic E-state index is 12.0. The van der Waals surface area contributed by atoms with Crippen LogP contribution in [0.3, 0.4) is 0 Å². The van der Waals surface area contributed by atoms with E-state index in [2.05, 4.69) is 31.2 Å². The maximum atomic E-state index is 12.0. The Hall–Kier alpha value is -0.930. The van der Waals surface area contributed by atoms with Crippen LogP contribution in [0.2, 0.25) is 0 Å². The van der Waals surface area contributed by atoms with Gasteiger partial charge in [-0.25, -0.2) is 0 Å². The summed E-state index contributed by atoms with van der Waals surface area (Å²) in [5.41, 5.74) is 1.23. The van der Waals surface area contributed by atoms with Gasteiger partial charge in [0.15, 0.2) is 0 Å². The van der Waals surface area contributed by atoms with Crippen LogP contribution in [0, 0.1) is 0 Å². The van der Waals surface area contributed by atoms with E-state index in [9.17, 15) is 4.39 Å². The molecule has 33 heavy (non-hydrogen) atoms. The van der Waals surface area contributed by atoms with E-state index in [1.165, 1.54) is 82.6 Å². The molecule has 0 amide bonds. The number of halogens is 1. The third kappa shape index (κ3) is 22.6. The molecule has 0 aromatic heterocycles. The Morgan fingerprint density at radius 1 is 0.697 bits per heavy atom. The van der Waals surface area contributed by atoms with Crippen molar-refractivity contribution in [1.82, 2.24) is 0 Å². The van der Waals surface area contributed by atoms with Crippen molar-refractivity contribution >= 4 is 0 Å². The largest absolute Gasteiger partial charge is 0.379 e. The van der Waals surface area contributed by atoms with Gasteiger partial charge in [-0.1, -0.05) is 135 Å². The lowest BCUT2D eigenvalue weighted by atomic mass is 10.0. The first-order valence-electron chi connectivity index (χ1n) is 14.2. The zero-order valence-electron chi connectivity index (χ0n) is 22.3. The molecule has 2 nitrogen and oxygen atoms in total. The van der Waals surface area contributed by atoms with Gasteiger partial charge >= 0.3 is 0 Å². The monoisotopic (exact) mass is 466 g/mol. The average Bonchev–Trinajstić information content (AvgIpc) is 2.86. The summed E-state index contributed by atoms with van der Waals surface area (Å²) in [6.07, 6.45) is 20.1. The van der Waals surface area contributed by atoms with Gasteiger partial charge in [0.1, 0.15) is 0 Å². The van der Waals surface area contributed by atoms with Crippen LogP contribution in [-0.4, -0.2) is 26.0 Å². The number of alkyl halides is 1. The van der Waals surface area contributed by atoms with Crippen molar-refractivity contribution in [2.45, 2.75) is 136 Å². The van der Waals surface area contributed by atoms with Crippen molar-refractivity contribution in [1.29, 1.82) is 0 Å². The molecule has 0 spiro atoms. The van der Waals surface area contributed by atoms with Gasteiger partial charge in [0.25, 0.3) is 0 Å². The fourth-order valence-electron chi connectivity index (χ4n) is 3.96. The van der Waals surface area contributed by atoms with Crippen molar-refractivity contribution in [3.63, 3.8) is 0 Å². The van der Waals surface area contributed by atoms with Crippen LogP contribution in [0.5, 0.6) is 0 Å². The molecule has 3 heteroatoms. The summed E-state index contributed by atoms with van der Waals surface area (Å²) in [6.45, 7) is 8.32. The first kappa shape index (κ1) is 32.1. The highest BCUT2D eigenvalue weighted by atomic mass is 19.1. The first-order chi connectivity index (χ1) is 16.4. The normalized spacial score (nSPS) is 11.8. The molecule has 194 valence electrons. The van der Waals surface area contributed by atoms with E-state index in [1.54, 1.807) is 0 Å². The number of ether oxygens (including phenoxy) is 2. The lowest BCUT2D eigenvalue weighted by Gasteiger charge is -2.17. The summed E-state index contributed by atoms with van der Waals surface area (Å²) in [4.78, 5) is 0. The summed E-state index contributed by atoms with van der Waals surface area (Å²) in [5.74, 6) is 0. The van der Waals surface area contributed by atoms with E-state index in [1.807, 2.05) is 19.9 Å². The van der Waals surface area contributed by atoms with Crippen molar-refractivity contribution in [3.05, 3.63) is 35.9 Å². The Morgan fingerprint density at radius 2 is 1.18 bits per heavy atom. The molecule has 1 aromatic rings. The molecule has 0 aliphatic carbocycles. The highest BCUT2D eigenvalue weighted by Gasteiger charge is 2.08. The molecule has 0 heterocycles. The molecular formula is C30H55FO2. The number of hydrogen-bond donors (Lipinski definition) is 0.